The molecule has 3 rings (SSSR count). The highest BCUT2D eigenvalue weighted by Crippen LogP contribution is 2.24. The minimum Gasteiger partial charge on any atom is -0.381 e. The van der Waals surface area contributed by atoms with Gasteiger partial charge in [0.2, 0.25) is 10.0 Å². The first-order chi connectivity index (χ1) is 12.8. The number of benzene rings is 2. The molecule has 2 atom stereocenters. The van der Waals surface area contributed by atoms with Crippen molar-refractivity contribution in [1.82, 2.24) is 4.31 Å². The molecule has 1 heterocycles. The average molecular weight is 429 g/mol. The fourth-order valence-corrected chi connectivity index (χ4v) is 5.15. The van der Waals surface area contributed by atoms with Crippen molar-refractivity contribution in [3.8, 4) is 0 Å². The normalized spacial score (nSPS) is 21.2. The molecule has 5 nitrogen and oxygen atoms in total. The summed E-state index contributed by atoms with van der Waals surface area (Å²) in [5.74, 6) is 0. The number of hydrogen-bond acceptors (Lipinski definition) is 4. The SMILES string of the molecule is CC1CN(S(=O)(=O)c2ccc(NCc3ccc(Cl)cc3Cl)cc2)CC(C)O1. The number of nitrogens with zero attached hydrogens (tertiary/aromatic N) is 1. The van der Waals surface area contributed by atoms with Crippen molar-refractivity contribution in [2.45, 2.75) is 37.5 Å². The Bertz CT molecular complexity index is 894. The maximum absolute atomic E-state index is 12.9. The van der Waals surface area contributed by atoms with E-state index in [-0.39, 0.29) is 17.1 Å². The molecule has 1 fully saturated rings. The number of morpholine rings is 1. The molecule has 0 amide bonds. The van der Waals surface area contributed by atoms with Gasteiger partial charge in [0.15, 0.2) is 0 Å². The van der Waals surface area contributed by atoms with Crippen molar-refractivity contribution in [3.63, 3.8) is 0 Å². The Balaban J connectivity index is 1.69. The zero-order valence-electron chi connectivity index (χ0n) is 15.2. The van der Waals surface area contributed by atoms with E-state index in [0.717, 1.165) is 11.3 Å². The molecule has 1 N–H and O–H groups in total. The van der Waals surface area contributed by atoms with Crippen LogP contribution in [0.3, 0.4) is 0 Å². The summed E-state index contributed by atoms with van der Waals surface area (Å²) in [7, 11) is -3.53. The standard InChI is InChI=1S/C19H22Cl2N2O3S/c1-13-11-23(12-14(2)26-13)27(24,25)18-7-5-17(6-8-18)22-10-15-3-4-16(20)9-19(15)21/h3-9,13-14,22H,10-12H2,1-2H3. The van der Waals surface area contributed by atoms with E-state index in [1.54, 1.807) is 36.4 Å². The molecule has 1 aliphatic heterocycles. The summed E-state index contributed by atoms with van der Waals surface area (Å²) < 4.78 is 32.8. The quantitative estimate of drug-likeness (QED) is 0.766. The lowest BCUT2D eigenvalue weighted by Gasteiger charge is -2.34. The number of anilines is 1. The molecule has 2 aromatic carbocycles. The first-order valence-corrected chi connectivity index (χ1v) is 10.9. The van der Waals surface area contributed by atoms with Gasteiger partial charge in [-0.3, -0.25) is 0 Å². The summed E-state index contributed by atoms with van der Waals surface area (Å²) in [6.07, 6.45) is -0.234. The maximum atomic E-state index is 12.9. The van der Waals surface area contributed by atoms with Gasteiger partial charge in [-0.25, -0.2) is 8.42 Å². The van der Waals surface area contributed by atoms with E-state index in [1.165, 1.54) is 4.31 Å². The van der Waals surface area contributed by atoms with Gasteiger partial charge in [-0.2, -0.15) is 4.31 Å². The van der Waals surface area contributed by atoms with E-state index in [0.29, 0.717) is 29.7 Å². The van der Waals surface area contributed by atoms with Gasteiger partial charge >= 0.3 is 0 Å². The van der Waals surface area contributed by atoms with Crippen LogP contribution >= 0.6 is 23.2 Å². The fraction of sp³-hybridized carbons (Fsp3) is 0.368. The van der Waals surface area contributed by atoms with Crippen molar-refractivity contribution >= 4 is 38.9 Å². The van der Waals surface area contributed by atoms with Crippen LogP contribution in [0.25, 0.3) is 0 Å². The highest BCUT2D eigenvalue weighted by Gasteiger charge is 2.32. The van der Waals surface area contributed by atoms with E-state index in [4.69, 9.17) is 27.9 Å². The third-order valence-electron chi connectivity index (χ3n) is 4.38. The van der Waals surface area contributed by atoms with Gasteiger partial charge in [0.1, 0.15) is 0 Å². The molecule has 1 saturated heterocycles. The molecule has 0 bridgehead atoms. The number of nitrogens with one attached hydrogen (secondary N) is 1. The highest BCUT2D eigenvalue weighted by atomic mass is 35.5. The van der Waals surface area contributed by atoms with Gasteiger partial charge in [-0.1, -0.05) is 29.3 Å². The first kappa shape index (κ1) is 20.4. The molecule has 0 radical (unpaired) electrons. The third-order valence-corrected chi connectivity index (χ3v) is 6.81. The van der Waals surface area contributed by atoms with E-state index in [9.17, 15) is 8.42 Å². The van der Waals surface area contributed by atoms with Gasteiger partial charge in [-0.15, -0.1) is 0 Å². The summed E-state index contributed by atoms with van der Waals surface area (Å²) >= 11 is 12.1. The lowest BCUT2D eigenvalue weighted by atomic mass is 10.2. The number of ether oxygens (including phenoxy) is 1. The van der Waals surface area contributed by atoms with E-state index >= 15 is 0 Å². The molecule has 8 heteroatoms. The number of halogens is 2. The van der Waals surface area contributed by atoms with Gasteiger partial charge in [0, 0.05) is 35.4 Å². The van der Waals surface area contributed by atoms with Crippen LogP contribution in [0.15, 0.2) is 47.4 Å². The second-order valence-corrected chi connectivity index (χ2v) is 9.47. The Morgan fingerprint density at radius 1 is 1.07 bits per heavy atom. The van der Waals surface area contributed by atoms with Gasteiger partial charge in [-0.05, 0) is 55.8 Å². The fourth-order valence-electron chi connectivity index (χ4n) is 3.08. The van der Waals surface area contributed by atoms with Crippen LogP contribution in [0.4, 0.5) is 5.69 Å². The van der Waals surface area contributed by atoms with E-state index < -0.39 is 10.0 Å². The Labute approximate surface area is 170 Å². The molecule has 146 valence electrons. The monoisotopic (exact) mass is 428 g/mol. The van der Waals surface area contributed by atoms with Gasteiger partial charge in [0.25, 0.3) is 0 Å². The summed E-state index contributed by atoms with van der Waals surface area (Å²) in [4.78, 5) is 0.277. The van der Waals surface area contributed by atoms with Crippen LogP contribution in [0.2, 0.25) is 10.0 Å². The van der Waals surface area contributed by atoms with Crippen LogP contribution < -0.4 is 5.32 Å². The van der Waals surface area contributed by atoms with Crippen LogP contribution in [-0.2, 0) is 21.3 Å². The second kappa shape index (κ2) is 8.37. The number of rotatable bonds is 5. The van der Waals surface area contributed by atoms with Crippen molar-refractivity contribution in [3.05, 3.63) is 58.1 Å². The lowest BCUT2D eigenvalue weighted by Crippen LogP contribution is -2.48. The van der Waals surface area contributed by atoms with Crippen molar-refractivity contribution in [2.75, 3.05) is 18.4 Å². The Morgan fingerprint density at radius 3 is 2.30 bits per heavy atom. The van der Waals surface area contributed by atoms with Crippen LogP contribution in [0, 0.1) is 0 Å². The van der Waals surface area contributed by atoms with Gasteiger partial charge < -0.3 is 10.1 Å². The second-order valence-electron chi connectivity index (χ2n) is 6.69. The first-order valence-electron chi connectivity index (χ1n) is 8.69. The van der Waals surface area contributed by atoms with E-state index in [1.807, 2.05) is 19.9 Å². The molecule has 0 spiro atoms. The molecule has 2 aromatic rings. The summed E-state index contributed by atoms with van der Waals surface area (Å²) in [6.45, 7) is 5.00. The lowest BCUT2D eigenvalue weighted by molar-refractivity contribution is -0.0440. The third kappa shape index (κ3) is 4.95. The van der Waals surface area contributed by atoms with Crippen LogP contribution in [-0.4, -0.2) is 38.0 Å². The summed E-state index contributed by atoms with van der Waals surface area (Å²) in [6, 6.07) is 12.1. The minimum absolute atomic E-state index is 0.117. The molecule has 0 aromatic heterocycles. The number of hydrogen-bond donors (Lipinski definition) is 1. The molecular formula is C19H22Cl2N2O3S. The zero-order chi connectivity index (χ0) is 19.6. The number of sulfonamides is 1. The molecule has 1 aliphatic rings. The summed E-state index contributed by atoms with van der Waals surface area (Å²) in [5.41, 5.74) is 1.72. The van der Waals surface area contributed by atoms with E-state index in [2.05, 4.69) is 5.32 Å². The predicted molar refractivity (Wildman–Crippen MR) is 109 cm³/mol. The largest absolute Gasteiger partial charge is 0.381 e. The molecule has 27 heavy (non-hydrogen) atoms. The topological polar surface area (TPSA) is 58.6 Å². The minimum atomic E-state index is -3.53. The Hall–Kier alpha value is -1.31. The molecule has 2 unspecified atom stereocenters. The predicted octanol–water partition coefficient (Wildman–Crippen LogP) is 4.40. The maximum Gasteiger partial charge on any atom is 0.243 e. The Kier molecular flexibility index (Phi) is 6.33. The average Bonchev–Trinajstić information content (AvgIpc) is 2.60. The van der Waals surface area contributed by atoms with Crippen LogP contribution in [0.1, 0.15) is 19.4 Å². The molecular weight excluding hydrogens is 407 g/mol. The van der Waals surface area contributed by atoms with Crippen molar-refractivity contribution in [1.29, 1.82) is 0 Å². The highest BCUT2D eigenvalue weighted by molar-refractivity contribution is 7.89. The zero-order valence-corrected chi connectivity index (χ0v) is 17.5. The molecule has 0 aliphatic carbocycles. The van der Waals surface area contributed by atoms with Crippen molar-refractivity contribution < 1.29 is 13.2 Å². The Morgan fingerprint density at radius 2 is 1.70 bits per heavy atom. The van der Waals surface area contributed by atoms with Gasteiger partial charge in [0.05, 0.1) is 17.1 Å². The molecule has 0 saturated carbocycles. The smallest absolute Gasteiger partial charge is 0.243 e. The van der Waals surface area contributed by atoms with Crippen molar-refractivity contribution in [2.24, 2.45) is 0 Å². The summed E-state index contributed by atoms with van der Waals surface area (Å²) in [5, 5.41) is 4.41. The van der Waals surface area contributed by atoms with Crippen LogP contribution in [0.5, 0.6) is 0 Å².